The SMILES string of the molecule is Fc1ccc(-c2nc(CSc3nnc(-c4cccs4)n3C3CC3)no2)cc1. The minimum absolute atomic E-state index is 0.296. The largest absolute Gasteiger partial charge is 0.334 e. The number of thioether (sulfide) groups is 1. The molecular weight excluding hydrogens is 385 g/mol. The number of hydrogen-bond acceptors (Lipinski definition) is 7. The second-order valence-electron chi connectivity index (χ2n) is 6.20. The van der Waals surface area contributed by atoms with Crippen molar-refractivity contribution >= 4 is 23.1 Å². The maximum absolute atomic E-state index is 13.0. The molecule has 1 aliphatic carbocycles. The minimum Gasteiger partial charge on any atom is -0.334 e. The third kappa shape index (κ3) is 3.40. The maximum atomic E-state index is 13.0. The molecule has 27 heavy (non-hydrogen) atoms. The number of hydrogen-bond donors (Lipinski definition) is 0. The molecule has 1 fully saturated rings. The van der Waals surface area contributed by atoms with Gasteiger partial charge in [0.25, 0.3) is 5.89 Å². The van der Waals surface area contributed by atoms with Gasteiger partial charge in [-0.05, 0) is 48.6 Å². The van der Waals surface area contributed by atoms with Gasteiger partial charge in [0.1, 0.15) is 5.82 Å². The molecule has 1 aromatic carbocycles. The van der Waals surface area contributed by atoms with E-state index in [0.717, 1.165) is 28.7 Å². The molecule has 1 aliphatic rings. The van der Waals surface area contributed by atoms with E-state index in [1.807, 2.05) is 11.4 Å². The third-order valence-electron chi connectivity index (χ3n) is 4.21. The zero-order chi connectivity index (χ0) is 18.2. The van der Waals surface area contributed by atoms with E-state index >= 15 is 0 Å². The van der Waals surface area contributed by atoms with Crippen molar-refractivity contribution in [3.05, 3.63) is 53.4 Å². The van der Waals surface area contributed by atoms with Crippen molar-refractivity contribution in [2.24, 2.45) is 0 Å². The number of aromatic nitrogens is 5. The predicted molar refractivity (Wildman–Crippen MR) is 101 cm³/mol. The van der Waals surface area contributed by atoms with Crippen LogP contribution in [0.5, 0.6) is 0 Å². The van der Waals surface area contributed by atoms with E-state index in [9.17, 15) is 4.39 Å². The van der Waals surface area contributed by atoms with Gasteiger partial charge in [-0.25, -0.2) is 4.39 Å². The van der Waals surface area contributed by atoms with Gasteiger partial charge in [-0.1, -0.05) is 23.0 Å². The van der Waals surface area contributed by atoms with Crippen molar-refractivity contribution < 1.29 is 8.91 Å². The third-order valence-corrected chi connectivity index (χ3v) is 6.01. The summed E-state index contributed by atoms with van der Waals surface area (Å²) in [5, 5.41) is 15.7. The Morgan fingerprint density at radius 1 is 1.19 bits per heavy atom. The summed E-state index contributed by atoms with van der Waals surface area (Å²) in [5.74, 6) is 2.11. The van der Waals surface area contributed by atoms with Crippen LogP contribution in [0.15, 0.2) is 51.5 Å². The predicted octanol–water partition coefficient (Wildman–Crippen LogP) is 4.82. The summed E-state index contributed by atoms with van der Waals surface area (Å²) in [6.07, 6.45) is 2.31. The molecule has 3 heterocycles. The molecule has 0 amide bonds. The lowest BCUT2D eigenvalue weighted by atomic mass is 10.2. The molecule has 0 unspecified atom stereocenters. The van der Waals surface area contributed by atoms with Crippen molar-refractivity contribution in [1.29, 1.82) is 0 Å². The number of thiophene rings is 1. The second kappa shape index (κ2) is 6.90. The van der Waals surface area contributed by atoms with Gasteiger partial charge in [0, 0.05) is 11.6 Å². The zero-order valence-electron chi connectivity index (χ0n) is 14.1. The van der Waals surface area contributed by atoms with E-state index in [-0.39, 0.29) is 5.82 Å². The molecule has 0 saturated heterocycles. The summed E-state index contributed by atoms with van der Waals surface area (Å²) in [5.41, 5.74) is 0.696. The van der Waals surface area contributed by atoms with Gasteiger partial charge in [0.05, 0.1) is 10.6 Å². The fraction of sp³-hybridized carbons (Fsp3) is 0.222. The quantitative estimate of drug-likeness (QED) is 0.433. The molecule has 3 aromatic heterocycles. The fourth-order valence-electron chi connectivity index (χ4n) is 2.76. The molecule has 0 N–H and O–H groups in total. The van der Waals surface area contributed by atoms with Gasteiger partial charge in [-0.3, -0.25) is 4.57 Å². The Morgan fingerprint density at radius 3 is 2.78 bits per heavy atom. The Labute approximate surface area is 162 Å². The van der Waals surface area contributed by atoms with Gasteiger partial charge >= 0.3 is 0 Å². The second-order valence-corrected chi connectivity index (χ2v) is 8.09. The Hall–Kier alpha value is -2.52. The van der Waals surface area contributed by atoms with Crippen LogP contribution < -0.4 is 0 Å². The molecular formula is C18H14FN5OS2. The van der Waals surface area contributed by atoms with Gasteiger partial charge in [-0.2, -0.15) is 4.98 Å². The van der Waals surface area contributed by atoms with Crippen LogP contribution in [0.4, 0.5) is 4.39 Å². The molecule has 136 valence electrons. The number of nitrogens with zero attached hydrogens (tertiary/aromatic N) is 5. The van der Waals surface area contributed by atoms with Crippen LogP contribution in [-0.2, 0) is 5.75 Å². The highest BCUT2D eigenvalue weighted by molar-refractivity contribution is 7.98. The van der Waals surface area contributed by atoms with Gasteiger partial charge in [-0.15, -0.1) is 21.5 Å². The summed E-state index contributed by atoms with van der Waals surface area (Å²) in [4.78, 5) is 5.52. The molecule has 0 radical (unpaired) electrons. The molecule has 0 spiro atoms. The summed E-state index contributed by atoms with van der Waals surface area (Å²) in [6, 6.07) is 10.6. The van der Waals surface area contributed by atoms with Crippen LogP contribution in [-0.4, -0.2) is 24.9 Å². The smallest absolute Gasteiger partial charge is 0.257 e. The maximum Gasteiger partial charge on any atom is 0.257 e. The van der Waals surface area contributed by atoms with E-state index in [2.05, 4.69) is 31.0 Å². The Bertz CT molecular complexity index is 1050. The van der Waals surface area contributed by atoms with E-state index < -0.39 is 0 Å². The van der Waals surface area contributed by atoms with Crippen LogP contribution in [0.3, 0.4) is 0 Å². The summed E-state index contributed by atoms with van der Waals surface area (Å²) in [7, 11) is 0. The topological polar surface area (TPSA) is 69.6 Å². The van der Waals surface area contributed by atoms with Crippen LogP contribution in [0.25, 0.3) is 22.2 Å². The first-order valence-corrected chi connectivity index (χ1v) is 10.3. The van der Waals surface area contributed by atoms with Gasteiger partial charge in [0.2, 0.25) is 0 Å². The Morgan fingerprint density at radius 2 is 2.04 bits per heavy atom. The van der Waals surface area contributed by atoms with Crippen LogP contribution in [0.1, 0.15) is 24.7 Å². The Kier molecular flexibility index (Phi) is 4.25. The monoisotopic (exact) mass is 399 g/mol. The van der Waals surface area contributed by atoms with Crippen molar-refractivity contribution in [1.82, 2.24) is 24.9 Å². The number of rotatable bonds is 6. The van der Waals surface area contributed by atoms with E-state index in [1.165, 1.54) is 12.1 Å². The normalized spacial score (nSPS) is 14.0. The van der Waals surface area contributed by atoms with Crippen LogP contribution >= 0.6 is 23.1 Å². The lowest BCUT2D eigenvalue weighted by Crippen LogP contribution is -1.99. The van der Waals surface area contributed by atoms with Gasteiger partial charge < -0.3 is 4.52 Å². The highest BCUT2D eigenvalue weighted by Crippen LogP contribution is 2.42. The molecule has 5 rings (SSSR count). The molecule has 6 nitrogen and oxygen atoms in total. The Balaban J connectivity index is 1.34. The number of halogens is 1. The first-order valence-electron chi connectivity index (χ1n) is 8.48. The average Bonchev–Trinajstić information content (AvgIpc) is 3.10. The van der Waals surface area contributed by atoms with E-state index in [0.29, 0.717) is 29.1 Å². The highest BCUT2D eigenvalue weighted by atomic mass is 32.2. The van der Waals surface area contributed by atoms with Crippen molar-refractivity contribution in [3.8, 4) is 22.2 Å². The highest BCUT2D eigenvalue weighted by Gasteiger charge is 2.30. The lowest BCUT2D eigenvalue weighted by Gasteiger charge is -2.06. The average molecular weight is 399 g/mol. The first kappa shape index (κ1) is 16.6. The fourth-order valence-corrected chi connectivity index (χ4v) is 4.32. The molecule has 1 saturated carbocycles. The van der Waals surface area contributed by atoms with Crippen LogP contribution in [0, 0.1) is 5.82 Å². The summed E-state index contributed by atoms with van der Waals surface area (Å²) >= 11 is 3.21. The van der Waals surface area contributed by atoms with Crippen molar-refractivity contribution in [3.63, 3.8) is 0 Å². The van der Waals surface area contributed by atoms with E-state index in [1.54, 1.807) is 35.2 Å². The molecule has 0 bridgehead atoms. The standard InChI is InChI=1S/C18H14FN5OS2/c19-12-5-3-11(4-6-12)17-20-15(23-25-17)10-27-18-22-21-16(14-2-1-9-26-14)24(18)13-7-8-13/h1-6,9,13H,7-8,10H2. The molecule has 9 heteroatoms. The summed E-state index contributed by atoms with van der Waals surface area (Å²) in [6.45, 7) is 0. The minimum atomic E-state index is -0.296. The van der Waals surface area contributed by atoms with Crippen LogP contribution in [0.2, 0.25) is 0 Å². The lowest BCUT2D eigenvalue weighted by molar-refractivity contribution is 0.425. The number of benzene rings is 1. The van der Waals surface area contributed by atoms with Gasteiger partial charge in [0.15, 0.2) is 16.8 Å². The van der Waals surface area contributed by atoms with Crippen molar-refractivity contribution in [2.75, 3.05) is 0 Å². The van der Waals surface area contributed by atoms with Crippen molar-refractivity contribution in [2.45, 2.75) is 29.8 Å². The zero-order valence-corrected chi connectivity index (χ0v) is 15.7. The summed E-state index contributed by atoms with van der Waals surface area (Å²) < 4.78 is 20.6. The van der Waals surface area contributed by atoms with E-state index in [4.69, 9.17) is 4.52 Å². The molecule has 4 aromatic rings. The first-order chi connectivity index (χ1) is 13.3. The molecule has 0 aliphatic heterocycles. The molecule has 0 atom stereocenters.